The Morgan fingerprint density at radius 3 is 1.51 bits per heavy atom. The first-order valence-electron chi connectivity index (χ1n) is 14.4. The number of nitrogens with zero attached hydrogens (tertiary/aromatic N) is 1. The zero-order valence-corrected chi connectivity index (χ0v) is 25.1. The van der Waals surface area contributed by atoms with Crippen LogP contribution in [0.3, 0.4) is 0 Å². The Bertz CT molecular complexity index is 920. The summed E-state index contributed by atoms with van der Waals surface area (Å²) in [6.45, 7) is 11.7. The molecule has 0 unspecified atom stereocenters. The van der Waals surface area contributed by atoms with Gasteiger partial charge in [-0.3, -0.25) is 0 Å². The molecule has 0 aliphatic rings. The first kappa shape index (κ1) is 33.6. The van der Waals surface area contributed by atoms with Crippen LogP contribution in [0.4, 0.5) is 0 Å². The predicted octanol–water partition coefficient (Wildman–Crippen LogP) is 9.05. The molecule has 1 aromatic heterocycles. The lowest BCUT2D eigenvalue weighted by molar-refractivity contribution is 0.257. The third kappa shape index (κ3) is 13.8. The van der Waals surface area contributed by atoms with Gasteiger partial charge in [0, 0.05) is 12.1 Å². The normalized spacial score (nSPS) is 9.82. The standard InChI is InChI=1S/C29H37NO5.2C2H6/c1-4-5-6-7-8-9-18-33-28-19-27(34-21-23-10-14-25(31-2)15-11-23)20-29(30-28)35-22-24-12-16-26(32-3)17-13-24;2*1-2/h10-17,19-20H,4-9,18,21-22H2,1-3H3;2*1-2H3. The molecule has 39 heavy (non-hydrogen) atoms. The number of ether oxygens (including phenoxy) is 5. The highest BCUT2D eigenvalue weighted by Gasteiger charge is 2.08. The molecular weight excluding hydrogens is 490 g/mol. The van der Waals surface area contributed by atoms with Crippen LogP contribution >= 0.6 is 0 Å². The minimum atomic E-state index is 0.385. The molecule has 0 amide bonds. The zero-order chi connectivity index (χ0) is 28.7. The summed E-state index contributed by atoms with van der Waals surface area (Å²) in [5.74, 6) is 3.25. The molecule has 0 saturated heterocycles. The van der Waals surface area contributed by atoms with Gasteiger partial charge in [-0.1, -0.05) is 91.0 Å². The minimum Gasteiger partial charge on any atom is -0.497 e. The fraction of sp³-hybridized carbons (Fsp3) is 0.485. The van der Waals surface area contributed by atoms with Gasteiger partial charge in [0.05, 0.1) is 20.8 Å². The van der Waals surface area contributed by atoms with Crippen LogP contribution in [0.25, 0.3) is 0 Å². The van der Waals surface area contributed by atoms with E-state index >= 15 is 0 Å². The largest absolute Gasteiger partial charge is 0.497 e. The van der Waals surface area contributed by atoms with Crippen molar-refractivity contribution in [2.45, 2.75) is 86.4 Å². The molecule has 0 saturated carbocycles. The summed E-state index contributed by atoms with van der Waals surface area (Å²) in [5.41, 5.74) is 2.06. The van der Waals surface area contributed by atoms with Crippen molar-refractivity contribution in [3.05, 3.63) is 71.8 Å². The summed E-state index contributed by atoms with van der Waals surface area (Å²) in [6, 6.07) is 19.2. The SMILES string of the molecule is CC.CC.CCCCCCCCOc1cc(OCc2ccc(OC)cc2)cc(OCc2ccc(OC)cc2)n1. The van der Waals surface area contributed by atoms with Crippen molar-refractivity contribution in [3.8, 4) is 29.0 Å². The number of hydrogen-bond donors (Lipinski definition) is 0. The molecule has 0 bridgehead atoms. The lowest BCUT2D eigenvalue weighted by atomic mass is 10.1. The lowest BCUT2D eigenvalue weighted by Gasteiger charge is -2.13. The summed E-state index contributed by atoms with van der Waals surface area (Å²) in [5, 5.41) is 0. The zero-order valence-electron chi connectivity index (χ0n) is 25.1. The van der Waals surface area contributed by atoms with Gasteiger partial charge in [-0.2, -0.15) is 4.98 Å². The highest BCUT2D eigenvalue weighted by Crippen LogP contribution is 2.26. The maximum absolute atomic E-state index is 6.04. The maximum atomic E-state index is 6.04. The van der Waals surface area contributed by atoms with E-state index in [9.17, 15) is 0 Å². The lowest BCUT2D eigenvalue weighted by Crippen LogP contribution is -2.04. The van der Waals surface area contributed by atoms with E-state index in [1.807, 2.05) is 82.3 Å². The number of hydrogen-bond acceptors (Lipinski definition) is 6. The summed E-state index contributed by atoms with van der Waals surface area (Å²) in [7, 11) is 3.31. The van der Waals surface area contributed by atoms with Crippen molar-refractivity contribution in [3.63, 3.8) is 0 Å². The Morgan fingerprint density at radius 2 is 1.00 bits per heavy atom. The molecule has 3 aromatic rings. The Labute approximate surface area is 236 Å². The van der Waals surface area contributed by atoms with Crippen molar-refractivity contribution < 1.29 is 23.7 Å². The van der Waals surface area contributed by atoms with E-state index < -0.39 is 0 Å². The monoisotopic (exact) mass is 539 g/mol. The van der Waals surface area contributed by atoms with E-state index in [0.717, 1.165) is 35.5 Å². The van der Waals surface area contributed by atoms with Gasteiger partial charge in [0.25, 0.3) is 0 Å². The average molecular weight is 540 g/mol. The molecule has 0 aliphatic heterocycles. The number of pyridine rings is 1. The van der Waals surface area contributed by atoms with Gasteiger partial charge < -0.3 is 23.7 Å². The number of unbranched alkanes of at least 4 members (excludes halogenated alkanes) is 5. The summed E-state index contributed by atoms with van der Waals surface area (Å²) >= 11 is 0. The van der Waals surface area contributed by atoms with Crippen LogP contribution in [0.1, 0.15) is 84.3 Å². The van der Waals surface area contributed by atoms with Gasteiger partial charge in [0.15, 0.2) is 0 Å². The molecule has 0 atom stereocenters. The molecule has 0 fully saturated rings. The number of rotatable bonds is 16. The van der Waals surface area contributed by atoms with Crippen LogP contribution in [0.5, 0.6) is 29.0 Å². The first-order chi connectivity index (χ1) is 19.2. The van der Waals surface area contributed by atoms with Gasteiger partial charge in [0.2, 0.25) is 11.8 Å². The van der Waals surface area contributed by atoms with Crippen molar-refractivity contribution in [1.82, 2.24) is 4.98 Å². The van der Waals surface area contributed by atoms with E-state index in [4.69, 9.17) is 23.7 Å². The molecule has 0 radical (unpaired) electrons. The molecule has 3 rings (SSSR count). The quantitative estimate of drug-likeness (QED) is 0.169. The van der Waals surface area contributed by atoms with Crippen LogP contribution < -0.4 is 23.7 Å². The molecular formula is C33H49NO5. The van der Waals surface area contributed by atoms with Crippen molar-refractivity contribution >= 4 is 0 Å². The Hall–Kier alpha value is -3.41. The molecule has 0 spiro atoms. The number of methoxy groups -OCH3 is 2. The third-order valence-corrected chi connectivity index (χ3v) is 5.61. The molecule has 2 aromatic carbocycles. The number of benzene rings is 2. The van der Waals surface area contributed by atoms with Crippen molar-refractivity contribution in [2.75, 3.05) is 20.8 Å². The second-order valence-corrected chi connectivity index (χ2v) is 8.37. The van der Waals surface area contributed by atoms with Gasteiger partial charge in [0.1, 0.15) is 30.5 Å². The first-order valence-corrected chi connectivity index (χ1v) is 14.4. The average Bonchev–Trinajstić information content (AvgIpc) is 3.01. The van der Waals surface area contributed by atoms with Crippen LogP contribution in [-0.4, -0.2) is 25.8 Å². The molecule has 0 aliphatic carbocycles. The highest BCUT2D eigenvalue weighted by molar-refractivity contribution is 5.35. The fourth-order valence-electron chi connectivity index (χ4n) is 3.52. The highest BCUT2D eigenvalue weighted by atomic mass is 16.5. The van der Waals surface area contributed by atoms with Gasteiger partial charge in [-0.25, -0.2) is 0 Å². The van der Waals surface area contributed by atoms with Crippen LogP contribution in [0, 0.1) is 0 Å². The fourth-order valence-corrected chi connectivity index (χ4v) is 3.52. The van der Waals surface area contributed by atoms with E-state index in [1.54, 1.807) is 20.3 Å². The molecule has 6 heteroatoms. The van der Waals surface area contributed by atoms with Crippen LogP contribution in [0.15, 0.2) is 60.7 Å². The second kappa shape index (κ2) is 21.5. The summed E-state index contributed by atoms with van der Waals surface area (Å²) in [4.78, 5) is 4.54. The van der Waals surface area contributed by atoms with Gasteiger partial charge in [-0.05, 0) is 41.8 Å². The molecule has 1 heterocycles. The van der Waals surface area contributed by atoms with E-state index in [1.165, 1.54) is 25.7 Å². The Kier molecular flexibility index (Phi) is 18.5. The van der Waals surface area contributed by atoms with Gasteiger partial charge >= 0.3 is 0 Å². The second-order valence-electron chi connectivity index (χ2n) is 8.37. The minimum absolute atomic E-state index is 0.385. The number of aromatic nitrogens is 1. The third-order valence-electron chi connectivity index (χ3n) is 5.61. The van der Waals surface area contributed by atoms with E-state index in [-0.39, 0.29) is 0 Å². The topological polar surface area (TPSA) is 59.0 Å². The van der Waals surface area contributed by atoms with Crippen LogP contribution in [-0.2, 0) is 13.2 Å². The molecule has 0 N–H and O–H groups in total. The smallest absolute Gasteiger partial charge is 0.220 e. The maximum Gasteiger partial charge on any atom is 0.220 e. The predicted molar refractivity (Wildman–Crippen MR) is 160 cm³/mol. The van der Waals surface area contributed by atoms with Crippen LogP contribution in [0.2, 0.25) is 0 Å². The Morgan fingerprint density at radius 1 is 0.538 bits per heavy atom. The molecule has 6 nitrogen and oxygen atoms in total. The summed E-state index contributed by atoms with van der Waals surface area (Å²) in [6.07, 6.45) is 7.24. The van der Waals surface area contributed by atoms with Crippen molar-refractivity contribution in [1.29, 1.82) is 0 Å². The van der Waals surface area contributed by atoms with Crippen molar-refractivity contribution in [2.24, 2.45) is 0 Å². The van der Waals surface area contributed by atoms with Gasteiger partial charge in [-0.15, -0.1) is 0 Å². The molecule has 216 valence electrons. The summed E-state index contributed by atoms with van der Waals surface area (Å²) < 4.78 is 28.4. The van der Waals surface area contributed by atoms with E-state index in [2.05, 4.69) is 11.9 Å². The Balaban J connectivity index is 0.00000181. The van der Waals surface area contributed by atoms with E-state index in [0.29, 0.717) is 37.3 Å².